The molecule has 0 radical (unpaired) electrons. The van der Waals surface area contributed by atoms with Crippen molar-refractivity contribution in [3.8, 4) is 0 Å². The minimum absolute atomic E-state index is 0.182. The second kappa shape index (κ2) is 7.76. The van der Waals surface area contributed by atoms with Gasteiger partial charge >= 0.3 is 5.97 Å². The molecule has 2 rings (SSSR count). The molecule has 0 amide bonds. The summed E-state index contributed by atoms with van der Waals surface area (Å²) >= 11 is 0. The normalized spacial score (nSPS) is 12.3. The topological polar surface area (TPSA) is 29.5 Å². The molecule has 0 aromatic heterocycles. The molecule has 0 aliphatic carbocycles. The number of carbonyl (C=O) groups is 1. The van der Waals surface area contributed by atoms with Crippen LogP contribution in [0.15, 0.2) is 55.1 Å². The van der Waals surface area contributed by atoms with Crippen LogP contribution in [0.5, 0.6) is 0 Å². The lowest BCUT2D eigenvalue weighted by Gasteiger charge is -2.18. The molecule has 0 saturated heterocycles. The number of hydrogen-bond donors (Lipinski definition) is 0. The summed E-state index contributed by atoms with van der Waals surface area (Å²) < 4.78 is 5.44. The molecule has 2 aromatic carbocycles. The van der Waals surface area contributed by atoms with Gasteiger partial charge in [-0.1, -0.05) is 48.5 Å². The molecule has 2 aromatic rings. The molecule has 0 bridgehead atoms. The van der Waals surface area contributed by atoms with Crippen molar-refractivity contribution in [2.24, 2.45) is 0 Å². The van der Waals surface area contributed by atoms with Crippen LogP contribution in [-0.2, 0) is 9.53 Å². The molecule has 3 heteroatoms. The van der Waals surface area contributed by atoms with Crippen molar-refractivity contribution >= 4 is 16.7 Å². The molecular weight excluding hydrogens is 274 g/mol. The first-order valence-electron chi connectivity index (χ1n) is 7.53. The predicted molar refractivity (Wildman–Crippen MR) is 91.0 cm³/mol. The summed E-state index contributed by atoms with van der Waals surface area (Å²) in [6, 6.07) is 14.2. The predicted octanol–water partition coefficient (Wildman–Crippen LogP) is 3.60. The molecule has 0 spiro atoms. The van der Waals surface area contributed by atoms with Gasteiger partial charge in [0.2, 0.25) is 0 Å². The lowest BCUT2D eigenvalue weighted by Crippen LogP contribution is -2.23. The van der Waals surface area contributed by atoms with Crippen molar-refractivity contribution in [2.75, 3.05) is 27.2 Å². The quantitative estimate of drug-likeness (QED) is 0.577. The summed E-state index contributed by atoms with van der Waals surface area (Å²) in [5.41, 5.74) is 1.01. The highest BCUT2D eigenvalue weighted by Gasteiger charge is 2.22. The highest BCUT2D eigenvalue weighted by molar-refractivity contribution is 5.91. The summed E-state index contributed by atoms with van der Waals surface area (Å²) in [4.78, 5) is 14.5. The van der Waals surface area contributed by atoms with E-state index in [4.69, 9.17) is 4.74 Å². The lowest BCUT2D eigenvalue weighted by atomic mass is 9.91. The number of benzene rings is 2. The van der Waals surface area contributed by atoms with E-state index >= 15 is 0 Å². The summed E-state index contributed by atoms with van der Waals surface area (Å²) in [7, 11) is 3.92. The van der Waals surface area contributed by atoms with Gasteiger partial charge in [-0.05, 0) is 36.9 Å². The van der Waals surface area contributed by atoms with Crippen molar-refractivity contribution in [2.45, 2.75) is 12.3 Å². The number of rotatable bonds is 7. The first kappa shape index (κ1) is 16.2. The molecule has 0 heterocycles. The Bertz CT molecular complexity index is 643. The highest BCUT2D eigenvalue weighted by atomic mass is 16.5. The zero-order valence-corrected chi connectivity index (χ0v) is 13.3. The largest absolute Gasteiger partial charge is 0.464 e. The van der Waals surface area contributed by atoms with E-state index in [2.05, 4.69) is 18.7 Å². The fourth-order valence-electron chi connectivity index (χ4n) is 2.50. The number of hydrogen-bond acceptors (Lipinski definition) is 3. The third-order valence-electron chi connectivity index (χ3n) is 3.67. The average Bonchev–Trinajstić information content (AvgIpc) is 2.51. The Morgan fingerprint density at radius 2 is 1.95 bits per heavy atom. The van der Waals surface area contributed by atoms with E-state index in [9.17, 15) is 4.79 Å². The van der Waals surface area contributed by atoms with Gasteiger partial charge in [0, 0.05) is 6.54 Å². The highest BCUT2D eigenvalue weighted by Crippen LogP contribution is 2.29. The molecule has 116 valence electrons. The average molecular weight is 297 g/mol. The van der Waals surface area contributed by atoms with Crippen LogP contribution < -0.4 is 0 Å². The Hall–Kier alpha value is -2.13. The van der Waals surface area contributed by atoms with Crippen molar-refractivity contribution in [3.63, 3.8) is 0 Å². The molecule has 0 N–H and O–H groups in total. The van der Waals surface area contributed by atoms with Gasteiger partial charge in [-0.15, -0.1) is 6.58 Å². The van der Waals surface area contributed by atoms with Crippen LogP contribution in [-0.4, -0.2) is 38.1 Å². The first-order valence-corrected chi connectivity index (χ1v) is 7.53. The van der Waals surface area contributed by atoms with Gasteiger partial charge in [0.15, 0.2) is 0 Å². The lowest BCUT2D eigenvalue weighted by molar-refractivity contribution is -0.145. The molecule has 0 aliphatic rings. The minimum Gasteiger partial charge on any atom is -0.464 e. The molecule has 3 nitrogen and oxygen atoms in total. The van der Waals surface area contributed by atoms with Gasteiger partial charge in [-0.25, -0.2) is 0 Å². The van der Waals surface area contributed by atoms with Crippen molar-refractivity contribution in [3.05, 3.63) is 60.7 Å². The van der Waals surface area contributed by atoms with Crippen LogP contribution in [0, 0.1) is 0 Å². The van der Waals surface area contributed by atoms with Gasteiger partial charge in [0.05, 0.1) is 5.92 Å². The van der Waals surface area contributed by atoms with Crippen LogP contribution in [0.25, 0.3) is 10.8 Å². The van der Waals surface area contributed by atoms with Crippen LogP contribution in [0.2, 0.25) is 0 Å². The summed E-state index contributed by atoms with van der Waals surface area (Å²) in [6.45, 7) is 4.91. The van der Waals surface area contributed by atoms with Gasteiger partial charge in [-0.3, -0.25) is 4.79 Å². The van der Waals surface area contributed by atoms with Gasteiger partial charge in [-0.2, -0.15) is 0 Å². The number of allylic oxidation sites excluding steroid dienone is 1. The first-order chi connectivity index (χ1) is 10.6. The smallest absolute Gasteiger partial charge is 0.313 e. The number of carbonyl (C=O) groups excluding carboxylic acids is 1. The summed E-state index contributed by atoms with van der Waals surface area (Å²) in [6.07, 6.45) is 2.36. The number of fused-ring (bicyclic) bond motifs is 1. The minimum atomic E-state index is -0.300. The van der Waals surface area contributed by atoms with Gasteiger partial charge in [0.25, 0.3) is 0 Å². The maximum Gasteiger partial charge on any atom is 0.313 e. The Kier molecular flexibility index (Phi) is 5.73. The van der Waals surface area contributed by atoms with Crippen molar-refractivity contribution in [1.82, 2.24) is 4.90 Å². The molecule has 0 fully saturated rings. The zero-order valence-electron chi connectivity index (χ0n) is 13.3. The van der Waals surface area contributed by atoms with E-state index in [0.29, 0.717) is 13.0 Å². The number of likely N-dealkylation sites (N-methyl/N-ethyl adjacent to an activating group) is 1. The molecule has 1 unspecified atom stereocenters. The zero-order chi connectivity index (χ0) is 15.9. The fourth-order valence-corrected chi connectivity index (χ4v) is 2.50. The number of ether oxygens (including phenoxy) is 1. The Morgan fingerprint density at radius 3 is 2.68 bits per heavy atom. The van der Waals surface area contributed by atoms with Crippen LogP contribution in [0.3, 0.4) is 0 Å². The van der Waals surface area contributed by atoms with E-state index in [0.717, 1.165) is 22.9 Å². The second-order valence-electron chi connectivity index (χ2n) is 5.62. The van der Waals surface area contributed by atoms with Crippen LogP contribution in [0.1, 0.15) is 17.9 Å². The van der Waals surface area contributed by atoms with E-state index in [1.165, 1.54) is 0 Å². The molecular formula is C19H23NO2. The van der Waals surface area contributed by atoms with Crippen LogP contribution >= 0.6 is 0 Å². The Morgan fingerprint density at radius 1 is 1.23 bits per heavy atom. The summed E-state index contributed by atoms with van der Waals surface area (Å²) in [5.74, 6) is -0.483. The molecule has 0 saturated carbocycles. The molecule has 1 atom stereocenters. The molecule has 22 heavy (non-hydrogen) atoms. The van der Waals surface area contributed by atoms with Crippen molar-refractivity contribution < 1.29 is 9.53 Å². The van der Waals surface area contributed by atoms with E-state index in [1.807, 2.05) is 49.3 Å². The maximum atomic E-state index is 12.5. The van der Waals surface area contributed by atoms with E-state index in [-0.39, 0.29) is 11.9 Å². The SMILES string of the molecule is C=CCC(C(=O)OCCN(C)C)c1cccc2ccccc12. The third-order valence-corrected chi connectivity index (χ3v) is 3.67. The number of nitrogens with zero attached hydrogens (tertiary/aromatic N) is 1. The Labute approximate surface area is 132 Å². The van der Waals surface area contributed by atoms with Crippen LogP contribution in [0.4, 0.5) is 0 Å². The van der Waals surface area contributed by atoms with Crippen molar-refractivity contribution in [1.29, 1.82) is 0 Å². The van der Waals surface area contributed by atoms with Gasteiger partial charge in [0.1, 0.15) is 6.61 Å². The third kappa shape index (κ3) is 3.95. The Balaban J connectivity index is 2.26. The maximum absolute atomic E-state index is 12.5. The monoisotopic (exact) mass is 297 g/mol. The van der Waals surface area contributed by atoms with E-state index < -0.39 is 0 Å². The fraction of sp³-hybridized carbons (Fsp3) is 0.316. The van der Waals surface area contributed by atoms with Gasteiger partial charge < -0.3 is 9.64 Å². The second-order valence-corrected chi connectivity index (χ2v) is 5.62. The molecule has 0 aliphatic heterocycles. The number of esters is 1. The van der Waals surface area contributed by atoms with E-state index in [1.54, 1.807) is 6.08 Å². The summed E-state index contributed by atoms with van der Waals surface area (Å²) in [5, 5.41) is 2.23. The standard InChI is InChI=1S/C19H23NO2/c1-4-8-18(19(21)22-14-13-20(2)3)17-12-7-10-15-9-5-6-11-16(15)17/h4-7,9-12,18H,1,8,13-14H2,2-3H3.